The van der Waals surface area contributed by atoms with Gasteiger partial charge < -0.3 is 20.3 Å². The number of nitrogens with zero attached hydrogens (tertiary/aromatic N) is 2. The average molecular weight is 360 g/mol. The Kier molecular flexibility index (Phi) is 7.13. The molecule has 0 saturated carbocycles. The largest absolute Gasteiger partial charge is 0.450 e. The van der Waals surface area contributed by atoms with E-state index in [0.717, 1.165) is 0 Å². The fraction of sp³-hybridized carbons (Fsp3) is 0.444. The van der Waals surface area contributed by atoms with Gasteiger partial charge >= 0.3 is 6.09 Å². The molecule has 140 valence electrons. The number of amides is 3. The van der Waals surface area contributed by atoms with E-state index in [1.54, 1.807) is 24.0 Å². The molecule has 1 aliphatic heterocycles. The first-order valence-corrected chi connectivity index (χ1v) is 8.62. The van der Waals surface area contributed by atoms with Crippen molar-refractivity contribution in [2.24, 2.45) is 0 Å². The first-order valence-electron chi connectivity index (χ1n) is 8.62. The summed E-state index contributed by atoms with van der Waals surface area (Å²) in [6.45, 7) is 7.06. The lowest BCUT2D eigenvalue weighted by molar-refractivity contribution is 0.0856. The second kappa shape index (κ2) is 9.55. The molecule has 8 nitrogen and oxygen atoms in total. The van der Waals surface area contributed by atoms with Gasteiger partial charge in [0, 0.05) is 37.4 Å². The van der Waals surface area contributed by atoms with Crippen LogP contribution in [-0.4, -0.2) is 60.1 Å². The first-order chi connectivity index (χ1) is 12.5. The van der Waals surface area contributed by atoms with Gasteiger partial charge in [-0.3, -0.25) is 14.6 Å². The predicted octanol–water partition coefficient (Wildman–Crippen LogP) is 1.35. The van der Waals surface area contributed by atoms with E-state index in [9.17, 15) is 14.4 Å². The van der Waals surface area contributed by atoms with Crippen molar-refractivity contribution in [1.82, 2.24) is 20.5 Å². The van der Waals surface area contributed by atoms with Crippen LogP contribution in [0.5, 0.6) is 0 Å². The van der Waals surface area contributed by atoms with Gasteiger partial charge in [-0.05, 0) is 31.9 Å². The highest BCUT2D eigenvalue weighted by Crippen LogP contribution is 2.12. The normalized spacial score (nSPS) is 14.4. The smallest absolute Gasteiger partial charge is 0.409 e. The summed E-state index contributed by atoms with van der Waals surface area (Å²) in [6, 6.07) is 2.96. The van der Waals surface area contributed by atoms with E-state index < -0.39 is 0 Å². The van der Waals surface area contributed by atoms with Gasteiger partial charge in [-0.2, -0.15) is 0 Å². The lowest BCUT2D eigenvalue weighted by Crippen LogP contribution is -2.46. The Morgan fingerprint density at radius 1 is 1.35 bits per heavy atom. The van der Waals surface area contributed by atoms with Crippen LogP contribution in [0.3, 0.4) is 0 Å². The van der Waals surface area contributed by atoms with Gasteiger partial charge in [0.15, 0.2) is 0 Å². The molecule has 0 atom stereocenters. The summed E-state index contributed by atoms with van der Waals surface area (Å²) in [6.07, 6.45) is 3.97. The molecule has 1 aromatic rings. The maximum Gasteiger partial charge on any atom is 0.409 e. The molecular formula is C18H24N4O4. The van der Waals surface area contributed by atoms with Gasteiger partial charge in [0.2, 0.25) is 0 Å². The van der Waals surface area contributed by atoms with Crippen molar-refractivity contribution in [2.75, 3.05) is 26.2 Å². The van der Waals surface area contributed by atoms with Crippen LogP contribution >= 0.6 is 0 Å². The van der Waals surface area contributed by atoms with Gasteiger partial charge in [-0.1, -0.05) is 6.08 Å². The Hall–Kier alpha value is -2.90. The van der Waals surface area contributed by atoms with Gasteiger partial charge in [-0.25, -0.2) is 4.79 Å². The van der Waals surface area contributed by atoms with Gasteiger partial charge in [0.1, 0.15) is 5.69 Å². The van der Waals surface area contributed by atoms with E-state index in [1.807, 2.05) is 0 Å². The van der Waals surface area contributed by atoms with Crippen molar-refractivity contribution in [1.29, 1.82) is 0 Å². The molecule has 1 aliphatic rings. The van der Waals surface area contributed by atoms with Gasteiger partial charge in [-0.15, -0.1) is 6.58 Å². The first kappa shape index (κ1) is 19.4. The number of ether oxygens (including phenoxy) is 1. The monoisotopic (exact) mass is 360 g/mol. The van der Waals surface area contributed by atoms with Crippen molar-refractivity contribution < 1.29 is 19.1 Å². The molecule has 2 heterocycles. The number of likely N-dealkylation sites (tertiary alicyclic amines) is 1. The van der Waals surface area contributed by atoms with Crippen molar-refractivity contribution in [3.05, 3.63) is 42.2 Å². The predicted molar refractivity (Wildman–Crippen MR) is 95.9 cm³/mol. The molecule has 2 rings (SSSR count). The second-order valence-corrected chi connectivity index (χ2v) is 5.86. The molecule has 0 bridgehead atoms. The van der Waals surface area contributed by atoms with Crippen LogP contribution in [0.25, 0.3) is 0 Å². The van der Waals surface area contributed by atoms with Crippen molar-refractivity contribution in [3.8, 4) is 0 Å². The zero-order chi connectivity index (χ0) is 18.9. The van der Waals surface area contributed by atoms with Crippen LogP contribution in [0.4, 0.5) is 4.79 Å². The number of nitrogens with one attached hydrogen (secondary N) is 2. The van der Waals surface area contributed by atoms with Gasteiger partial charge in [0.05, 0.1) is 6.61 Å². The van der Waals surface area contributed by atoms with Crippen LogP contribution in [0, 0.1) is 0 Å². The molecule has 1 saturated heterocycles. The SMILES string of the molecule is C=CCNC(=O)c1ccnc(C(=O)NC2CCN(C(=O)OCC)CC2)c1. The van der Waals surface area contributed by atoms with Crippen LogP contribution < -0.4 is 10.6 Å². The number of rotatable bonds is 6. The Bertz CT molecular complexity index is 669. The molecule has 2 N–H and O–H groups in total. The van der Waals surface area contributed by atoms with Crippen molar-refractivity contribution in [2.45, 2.75) is 25.8 Å². The number of carbonyl (C=O) groups excluding carboxylic acids is 3. The van der Waals surface area contributed by atoms with E-state index >= 15 is 0 Å². The third-order valence-corrected chi connectivity index (χ3v) is 4.02. The number of aromatic nitrogens is 1. The lowest BCUT2D eigenvalue weighted by atomic mass is 10.1. The molecule has 0 radical (unpaired) electrons. The Morgan fingerprint density at radius 2 is 2.08 bits per heavy atom. The van der Waals surface area contributed by atoms with E-state index in [0.29, 0.717) is 44.6 Å². The number of hydrogen-bond donors (Lipinski definition) is 2. The molecule has 0 spiro atoms. The highest BCUT2D eigenvalue weighted by atomic mass is 16.6. The zero-order valence-corrected chi connectivity index (χ0v) is 14.9. The Labute approximate surface area is 152 Å². The molecule has 1 aromatic heterocycles. The Balaban J connectivity index is 1.89. The molecule has 0 unspecified atom stereocenters. The summed E-state index contributed by atoms with van der Waals surface area (Å²) in [5.41, 5.74) is 0.549. The van der Waals surface area contributed by atoms with Crippen molar-refractivity contribution >= 4 is 17.9 Å². The minimum atomic E-state index is -0.335. The zero-order valence-electron chi connectivity index (χ0n) is 14.9. The molecule has 3 amide bonds. The Morgan fingerprint density at radius 3 is 2.73 bits per heavy atom. The maximum atomic E-state index is 12.4. The minimum absolute atomic E-state index is 0.0479. The third kappa shape index (κ3) is 5.30. The number of carbonyl (C=O) groups is 3. The lowest BCUT2D eigenvalue weighted by Gasteiger charge is -2.31. The van der Waals surface area contributed by atoms with Crippen LogP contribution in [0.1, 0.15) is 40.6 Å². The van der Waals surface area contributed by atoms with Crippen molar-refractivity contribution in [3.63, 3.8) is 0 Å². The maximum absolute atomic E-state index is 12.4. The standard InChI is InChI=1S/C18H24N4O4/c1-3-8-20-16(23)13-5-9-19-15(12-13)17(24)21-14-6-10-22(11-7-14)18(25)26-4-2/h3,5,9,12,14H,1,4,6-8,10-11H2,2H3,(H,20,23)(H,21,24). The molecule has 8 heteroatoms. The van der Waals surface area contributed by atoms with Crippen LogP contribution in [0.2, 0.25) is 0 Å². The summed E-state index contributed by atoms with van der Waals surface area (Å²) >= 11 is 0. The van der Waals surface area contributed by atoms with E-state index in [-0.39, 0.29) is 29.6 Å². The topological polar surface area (TPSA) is 101 Å². The fourth-order valence-corrected chi connectivity index (χ4v) is 2.64. The fourth-order valence-electron chi connectivity index (χ4n) is 2.64. The van der Waals surface area contributed by atoms with E-state index in [2.05, 4.69) is 22.2 Å². The quantitative estimate of drug-likeness (QED) is 0.746. The van der Waals surface area contributed by atoms with E-state index in [1.165, 1.54) is 12.3 Å². The molecular weight excluding hydrogens is 336 g/mol. The number of pyridine rings is 1. The highest BCUT2D eigenvalue weighted by Gasteiger charge is 2.25. The summed E-state index contributed by atoms with van der Waals surface area (Å²) in [7, 11) is 0. The molecule has 0 aliphatic carbocycles. The average Bonchev–Trinajstić information content (AvgIpc) is 2.67. The number of piperidine rings is 1. The van der Waals surface area contributed by atoms with Gasteiger partial charge in [0.25, 0.3) is 11.8 Å². The van der Waals surface area contributed by atoms with E-state index in [4.69, 9.17) is 4.74 Å². The molecule has 1 fully saturated rings. The third-order valence-electron chi connectivity index (χ3n) is 4.02. The summed E-state index contributed by atoms with van der Waals surface area (Å²) < 4.78 is 4.98. The number of hydrogen-bond acceptors (Lipinski definition) is 5. The highest BCUT2D eigenvalue weighted by molar-refractivity contribution is 5.98. The van der Waals surface area contributed by atoms with Crippen LogP contribution in [-0.2, 0) is 4.74 Å². The van der Waals surface area contributed by atoms with Crippen LogP contribution in [0.15, 0.2) is 31.0 Å². The minimum Gasteiger partial charge on any atom is -0.450 e. The summed E-state index contributed by atoms with van der Waals surface area (Å²) in [4.78, 5) is 41.7. The summed E-state index contributed by atoms with van der Waals surface area (Å²) in [5, 5.41) is 5.56. The molecule has 0 aromatic carbocycles. The summed E-state index contributed by atoms with van der Waals surface area (Å²) in [5.74, 6) is -0.623. The molecule has 26 heavy (non-hydrogen) atoms. The second-order valence-electron chi connectivity index (χ2n) is 5.86.